The number of hydrogen-bond donors (Lipinski definition) is 2. The van der Waals surface area contributed by atoms with E-state index in [1.807, 2.05) is 0 Å². The van der Waals surface area contributed by atoms with Gasteiger partial charge >= 0.3 is 0 Å². The number of guanidine groups is 1. The van der Waals surface area contributed by atoms with Crippen molar-refractivity contribution in [2.45, 2.75) is 38.6 Å². The summed E-state index contributed by atoms with van der Waals surface area (Å²) < 4.78 is 0. The molecule has 0 spiro atoms. The van der Waals surface area contributed by atoms with Gasteiger partial charge in [-0.25, -0.2) is 0 Å². The third-order valence-electron chi connectivity index (χ3n) is 3.53. The number of likely N-dealkylation sites (tertiary alicyclic amines) is 1. The van der Waals surface area contributed by atoms with Crippen molar-refractivity contribution < 1.29 is 0 Å². The van der Waals surface area contributed by atoms with Gasteiger partial charge < -0.3 is 15.5 Å². The van der Waals surface area contributed by atoms with Crippen LogP contribution in [0.4, 0.5) is 0 Å². The maximum Gasteiger partial charge on any atom is 0.191 e. The van der Waals surface area contributed by atoms with Gasteiger partial charge in [-0.05, 0) is 32.7 Å². The van der Waals surface area contributed by atoms with Crippen LogP contribution in [-0.4, -0.2) is 49.6 Å². The van der Waals surface area contributed by atoms with Crippen LogP contribution in [0.25, 0.3) is 0 Å². The van der Waals surface area contributed by atoms with Crippen molar-refractivity contribution in [3.63, 3.8) is 0 Å². The van der Waals surface area contributed by atoms with Gasteiger partial charge in [-0.2, -0.15) is 0 Å². The Morgan fingerprint density at radius 1 is 1.50 bits per heavy atom. The first-order valence-electron chi connectivity index (χ1n) is 6.62. The number of rotatable bonds is 4. The highest BCUT2D eigenvalue weighted by atomic mass is 15.2. The molecule has 2 rings (SSSR count). The molecule has 2 aliphatic rings. The summed E-state index contributed by atoms with van der Waals surface area (Å²) in [6, 6.07) is 0.788. The standard InChI is InChI=1S/C12H24N4/c1-11-5-2-3-9-16(11)10-4-6-13-12-14-7-8-15-12/h11H,2-10H2,1H3,(H2,13,14,15). The molecule has 0 aromatic rings. The minimum absolute atomic E-state index is 0.788. The second kappa shape index (κ2) is 6.09. The van der Waals surface area contributed by atoms with Crippen molar-refractivity contribution in [3.8, 4) is 0 Å². The predicted molar refractivity (Wildman–Crippen MR) is 67.8 cm³/mol. The fourth-order valence-electron chi connectivity index (χ4n) is 2.50. The van der Waals surface area contributed by atoms with Gasteiger partial charge in [0.2, 0.25) is 0 Å². The zero-order chi connectivity index (χ0) is 11.2. The minimum Gasteiger partial charge on any atom is -0.356 e. The molecule has 0 aromatic carbocycles. The Balaban J connectivity index is 1.56. The fraction of sp³-hybridized carbons (Fsp3) is 0.917. The molecule has 4 heteroatoms. The second-order valence-electron chi connectivity index (χ2n) is 4.82. The van der Waals surface area contributed by atoms with Gasteiger partial charge in [0, 0.05) is 25.7 Å². The number of aliphatic imine (C=N–C) groups is 1. The third kappa shape index (κ3) is 3.37. The Labute approximate surface area is 98.5 Å². The first-order chi connectivity index (χ1) is 7.86. The van der Waals surface area contributed by atoms with Crippen LogP contribution in [0.2, 0.25) is 0 Å². The lowest BCUT2D eigenvalue weighted by Gasteiger charge is -2.33. The zero-order valence-electron chi connectivity index (χ0n) is 10.3. The lowest BCUT2D eigenvalue weighted by Crippen LogP contribution is -2.40. The number of piperidine rings is 1. The van der Waals surface area contributed by atoms with Crippen LogP contribution in [0, 0.1) is 0 Å². The van der Waals surface area contributed by atoms with Crippen LogP contribution in [-0.2, 0) is 0 Å². The first kappa shape index (κ1) is 11.7. The van der Waals surface area contributed by atoms with Crippen molar-refractivity contribution in [3.05, 3.63) is 0 Å². The molecule has 0 aliphatic carbocycles. The molecule has 2 aliphatic heterocycles. The van der Waals surface area contributed by atoms with Crippen molar-refractivity contribution >= 4 is 5.96 Å². The van der Waals surface area contributed by atoms with E-state index in [2.05, 4.69) is 27.4 Å². The molecule has 4 nitrogen and oxygen atoms in total. The van der Waals surface area contributed by atoms with Crippen LogP contribution in [0.3, 0.4) is 0 Å². The first-order valence-corrected chi connectivity index (χ1v) is 6.62. The lowest BCUT2D eigenvalue weighted by atomic mass is 10.0. The molecule has 0 bridgehead atoms. The molecule has 2 heterocycles. The summed E-state index contributed by atoms with van der Waals surface area (Å²) in [6.07, 6.45) is 5.38. The molecule has 0 amide bonds. The third-order valence-corrected chi connectivity index (χ3v) is 3.53. The zero-order valence-corrected chi connectivity index (χ0v) is 10.3. The van der Waals surface area contributed by atoms with Gasteiger partial charge in [-0.1, -0.05) is 6.42 Å². The highest BCUT2D eigenvalue weighted by molar-refractivity contribution is 5.81. The van der Waals surface area contributed by atoms with Gasteiger partial charge in [0.1, 0.15) is 0 Å². The van der Waals surface area contributed by atoms with Gasteiger partial charge in [-0.15, -0.1) is 0 Å². The van der Waals surface area contributed by atoms with E-state index < -0.39 is 0 Å². The largest absolute Gasteiger partial charge is 0.356 e. The van der Waals surface area contributed by atoms with Crippen LogP contribution in [0.1, 0.15) is 32.6 Å². The summed E-state index contributed by atoms with van der Waals surface area (Å²) in [6.45, 7) is 7.82. The SMILES string of the molecule is CC1CCCCN1CCCNC1=NCCN1. The van der Waals surface area contributed by atoms with Gasteiger partial charge in [0.25, 0.3) is 0 Å². The molecule has 16 heavy (non-hydrogen) atoms. The molecule has 92 valence electrons. The van der Waals surface area contributed by atoms with E-state index in [-0.39, 0.29) is 0 Å². The van der Waals surface area contributed by atoms with E-state index in [4.69, 9.17) is 0 Å². The Bertz CT molecular complexity index is 239. The summed E-state index contributed by atoms with van der Waals surface area (Å²) in [5, 5.41) is 6.58. The smallest absolute Gasteiger partial charge is 0.191 e. The van der Waals surface area contributed by atoms with Crippen molar-refractivity contribution in [2.24, 2.45) is 4.99 Å². The Kier molecular flexibility index (Phi) is 4.45. The van der Waals surface area contributed by atoms with Crippen LogP contribution in [0.15, 0.2) is 4.99 Å². The van der Waals surface area contributed by atoms with Crippen molar-refractivity contribution in [2.75, 3.05) is 32.7 Å². The van der Waals surface area contributed by atoms with Gasteiger partial charge in [0.05, 0.1) is 6.54 Å². The van der Waals surface area contributed by atoms with Gasteiger partial charge in [-0.3, -0.25) is 4.99 Å². The minimum atomic E-state index is 0.788. The molecular weight excluding hydrogens is 200 g/mol. The number of nitrogens with one attached hydrogen (secondary N) is 2. The lowest BCUT2D eigenvalue weighted by molar-refractivity contribution is 0.159. The normalized spacial score (nSPS) is 26.3. The molecule has 1 saturated heterocycles. The summed E-state index contributed by atoms with van der Waals surface area (Å²) >= 11 is 0. The van der Waals surface area contributed by atoms with Crippen molar-refractivity contribution in [1.82, 2.24) is 15.5 Å². The maximum absolute atomic E-state index is 4.32. The average Bonchev–Trinajstić information content (AvgIpc) is 2.79. The van der Waals surface area contributed by atoms with Gasteiger partial charge in [0.15, 0.2) is 5.96 Å². The van der Waals surface area contributed by atoms with Crippen LogP contribution < -0.4 is 10.6 Å². The van der Waals surface area contributed by atoms with E-state index in [1.165, 1.54) is 38.8 Å². The molecule has 1 atom stereocenters. The van der Waals surface area contributed by atoms with E-state index >= 15 is 0 Å². The predicted octanol–water partition coefficient (Wildman–Crippen LogP) is 0.800. The second-order valence-corrected chi connectivity index (χ2v) is 4.82. The highest BCUT2D eigenvalue weighted by Crippen LogP contribution is 2.15. The Morgan fingerprint density at radius 3 is 3.19 bits per heavy atom. The van der Waals surface area contributed by atoms with Crippen LogP contribution >= 0.6 is 0 Å². The van der Waals surface area contributed by atoms with Crippen molar-refractivity contribution in [1.29, 1.82) is 0 Å². The molecule has 1 fully saturated rings. The molecule has 0 radical (unpaired) electrons. The summed E-state index contributed by atoms with van der Waals surface area (Å²) in [5.41, 5.74) is 0. The summed E-state index contributed by atoms with van der Waals surface area (Å²) in [5.74, 6) is 0.992. The highest BCUT2D eigenvalue weighted by Gasteiger charge is 2.17. The number of hydrogen-bond acceptors (Lipinski definition) is 4. The maximum atomic E-state index is 4.32. The van der Waals surface area contributed by atoms with E-state index in [0.29, 0.717) is 0 Å². The van der Waals surface area contributed by atoms with E-state index in [1.54, 1.807) is 0 Å². The quantitative estimate of drug-likeness (QED) is 0.694. The monoisotopic (exact) mass is 224 g/mol. The van der Waals surface area contributed by atoms with E-state index in [9.17, 15) is 0 Å². The fourth-order valence-corrected chi connectivity index (χ4v) is 2.50. The number of nitrogens with zero attached hydrogens (tertiary/aromatic N) is 2. The molecule has 0 saturated carbocycles. The van der Waals surface area contributed by atoms with Crippen LogP contribution in [0.5, 0.6) is 0 Å². The Hall–Kier alpha value is -0.770. The Morgan fingerprint density at radius 2 is 2.44 bits per heavy atom. The summed E-state index contributed by atoms with van der Waals surface area (Å²) in [7, 11) is 0. The molecule has 2 N–H and O–H groups in total. The average molecular weight is 224 g/mol. The van der Waals surface area contributed by atoms with E-state index in [0.717, 1.165) is 31.6 Å². The molecule has 0 aromatic heterocycles. The summed E-state index contributed by atoms with van der Waals surface area (Å²) in [4.78, 5) is 6.94. The topological polar surface area (TPSA) is 39.7 Å². The molecular formula is C12H24N4. The molecule has 1 unspecified atom stereocenters.